The van der Waals surface area contributed by atoms with Gasteiger partial charge in [0.2, 0.25) is 5.91 Å². The van der Waals surface area contributed by atoms with Crippen molar-refractivity contribution in [1.82, 2.24) is 5.32 Å². The number of rotatable bonds is 10. The first-order valence-electron chi connectivity index (χ1n) is 6.21. The van der Waals surface area contributed by atoms with Crippen LogP contribution in [0.3, 0.4) is 0 Å². The van der Waals surface area contributed by atoms with Gasteiger partial charge in [0.1, 0.15) is 25.1 Å². The van der Waals surface area contributed by atoms with E-state index in [1.165, 1.54) is 0 Å². The molecule has 1 unspecified atom stereocenters. The number of carbonyl (C=O) groups is 1. The number of nitrogens with one attached hydrogen (secondary N) is 1. The van der Waals surface area contributed by atoms with Crippen molar-refractivity contribution in [3.05, 3.63) is 28.7 Å². The smallest absolute Gasteiger partial charge is 0.243 e. The highest BCUT2D eigenvalue weighted by molar-refractivity contribution is 9.10. The second-order valence-electron chi connectivity index (χ2n) is 4.15. The highest BCUT2D eigenvalue weighted by Gasteiger charge is 2.05. The van der Waals surface area contributed by atoms with Crippen molar-refractivity contribution in [2.75, 3.05) is 32.9 Å². The van der Waals surface area contributed by atoms with Gasteiger partial charge in [0.15, 0.2) is 0 Å². The average molecular weight is 347 g/mol. The van der Waals surface area contributed by atoms with Gasteiger partial charge in [0.25, 0.3) is 0 Å². The first-order chi connectivity index (χ1) is 9.58. The van der Waals surface area contributed by atoms with Crippen LogP contribution in [0.25, 0.3) is 0 Å². The van der Waals surface area contributed by atoms with E-state index in [1.54, 1.807) is 0 Å². The summed E-state index contributed by atoms with van der Waals surface area (Å²) in [5, 5.41) is 12.7. The molecule has 20 heavy (non-hydrogen) atoms. The molecule has 0 aromatic heterocycles. The van der Waals surface area contributed by atoms with E-state index >= 15 is 0 Å². The average Bonchev–Trinajstić information content (AvgIpc) is 2.40. The van der Waals surface area contributed by atoms with Gasteiger partial charge in [0, 0.05) is 17.6 Å². The van der Waals surface area contributed by atoms with Crippen LogP contribution in [0, 0.1) is 0 Å². The van der Waals surface area contributed by atoms with Crippen LogP contribution in [0.2, 0.25) is 0 Å². The number of aliphatic hydroxyl groups excluding tert-OH is 1. The lowest BCUT2D eigenvalue weighted by Gasteiger charge is -2.13. The van der Waals surface area contributed by atoms with Crippen LogP contribution in [-0.2, 0) is 9.53 Å². The van der Waals surface area contributed by atoms with Crippen LogP contribution < -0.4 is 15.8 Å². The second kappa shape index (κ2) is 9.71. The van der Waals surface area contributed by atoms with Gasteiger partial charge in [-0.1, -0.05) is 22.0 Å². The van der Waals surface area contributed by atoms with E-state index in [2.05, 4.69) is 21.2 Å². The van der Waals surface area contributed by atoms with Crippen molar-refractivity contribution >= 4 is 21.8 Å². The molecule has 0 spiro atoms. The number of halogens is 1. The van der Waals surface area contributed by atoms with E-state index in [-0.39, 0.29) is 13.2 Å². The summed E-state index contributed by atoms with van der Waals surface area (Å²) in [4.78, 5) is 10.4. The van der Waals surface area contributed by atoms with E-state index in [4.69, 9.17) is 15.2 Å². The number of carbonyl (C=O) groups excluding carboxylic acids is 1. The molecule has 0 fully saturated rings. The molecule has 0 aliphatic heterocycles. The van der Waals surface area contributed by atoms with Crippen LogP contribution in [0.1, 0.15) is 0 Å². The van der Waals surface area contributed by atoms with Gasteiger partial charge in [-0.05, 0) is 18.2 Å². The number of nitrogens with two attached hydrogens (primary N) is 1. The van der Waals surface area contributed by atoms with E-state index in [0.717, 1.165) is 4.47 Å². The Bertz CT molecular complexity index is 417. The van der Waals surface area contributed by atoms with E-state index in [1.807, 2.05) is 24.3 Å². The molecule has 1 aromatic carbocycles. The lowest BCUT2D eigenvalue weighted by Crippen LogP contribution is -2.33. The molecule has 1 rings (SSSR count). The predicted molar refractivity (Wildman–Crippen MR) is 78.5 cm³/mol. The molecule has 4 N–H and O–H groups in total. The monoisotopic (exact) mass is 346 g/mol. The summed E-state index contributed by atoms with van der Waals surface area (Å²) in [6, 6.07) is 7.41. The van der Waals surface area contributed by atoms with Gasteiger partial charge in [0.05, 0.1) is 6.61 Å². The number of hydrogen-bond acceptors (Lipinski definition) is 5. The number of amides is 1. The highest BCUT2D eigenvalue weighted by Crippen LogP contribution is 2.17. The molecule has 112 valence electrons. The van der Waals surface area contributed by atoms with Crippen LogP contribution in [0.4, 0.5) is 0 Å². The molecule has 0 aliphatic carbocycles. The summed E-state index contributed by atoms with van der Waals surface area (Å²) >= 11 is 3.34. The Morgan fingerprint density at radius 2 is 2.30 bits per heavy atom. The number of ether oxygens (including phenoxy) is 2. The highest BCUT2D eigenvalue weighted by atomic mass is 79.9. The van der Waals surface area contributed by atoms with Crippen molar-refractivity contribution in [1.29, 1.82) is 0 Å². The van der Waals surface area contributed by atoms with Gasteiger partial charge < -0.3 is 25.6 Å². The van der Waals surface area contributed by atoms with Gasteiger partial charge >= 0.3 is 0 Å². The molecule has 0 saturated heterocycles. The quantitative estimate of drug-likeness (QED) is 0.529. The summed E-state index contributed by atoms with van der Waals surface area (Å²) in [5.41, 5.74) is 4.92. The Labute approximate surface area is 126 Å². The summed E-state index contributed by atoms with van der Waals surface area (Å²) in [6.07, 6.45) is -0.620. The van der Waals surface area contributed by atoms with Crippen molar-refractivity contribution in [3.8, 4) is 5.75 Å². The van der Waals surface area contributed by atoms with E-state index < -0.39 is 12.0 Å². The van der Waals surface area contributed by atoms with Gasteiger partial charge in [-0.15, -0.1) is 0 Å². The molecule has 7 heteroatoms. The fraction of sp³-hybridized carbons (Fsp3) is 0.462. The molecular formula is C13H19BrN2O4. The van der Waals surface area contributed by atoms with Crippen LogP contribution in [0.15, 0.2) is 28.7 Å². The lowest BCUT2D eigenvalue weighted by molar-refractivity contribution is -0.122. The Hall–Kier alpha value is -1.15. The maximum Gasteiger partial charge on any atom is 0.243 e. The maximum atomic E-state index is 10.4. The predicted octanol–water partition coefficient (Wildman–Crippen LogP) is 0.280. The SMILES string of the molecule is NC(=O)COCCNCC(O)COc1cccc(Br)c1. The molecule has 1 amide bonds. The van der Waals surface area contributed by atoms with E-state index in [9.17, 15) is 9.90 Å². The molecule has 6 nitrogen and oxygen atoms in total. The molecule has 0 bridgehead atoms. The molecule has 1 aromatic rings. The fourth-order valence-electron chi connectivity index (χ4n) is 1.39. The summed E-state index contributed by atoms with van der Waals surface area (Å²) in [7, 11) is 0. The van der Waals surface area contributed by atoms with Crippen molar-refractivity contribution < 1.29 is 19.4 Å². The fourth-order valence-corrected chi connectivity index (χ4v) is 1.77. The normalized spacial score (nSPS) is 12.1. The number of benzene rings is 1. The topological polar surface area (TPSA) is 93.8 Å². The van der Waals surface area contributed by atoms with Crippen molar-refractivity contribution in [3.63, 3.8) is 0 Å². The third-order valence-electron chi connectivity index (χ3n) is 2.29. The Morgan fingerprint density at radius 3 is 3.00 bits per heavy atom. The van der Waals surface area contributed by atoms with Crippen LogP contribution in [-0.4, -0.2) is 50.0 Å². The lowest BCUT2D eigenvalue weighted by atomic mass is 10.3. The first kappa shape index (κ1) is 16.9. The molecule has 0 saturated carbocycles. The largest absolute Gasteiger partial charge is 0.491 e. The van der Waals surface area contributed by atoms with Crippen LogP contribution in [0.5, 0.6) is 5.75 Å². The third-order valence-corrected chi connectivity index (χ3v) is 2.78. The number of hydrogen-bond donors (Lipinski definition) is 3. The molecule has 0 heterocycles. The van der Waals surface area contributed by atoms with Gasteiger partial charge in [-0.25, -0.2) is 0 Å². The number of primary amides is 1. The van der Waals surface area contributed by atoms with Gasteiger partial charge in [-0.2, -0.15) is 0 Å². The Morgan fingerprint density at radius 1 is 1.50 bits per heavy atom. The van der Waals surface area contributed by atoms with Crippen LogP contribution >= 0.6 is 15.9 Å². The number of aliphatic hydroxyl groups is 1. The molecular weight excluding hydrogens is 328 g/mol. The minimum atomic E-state index is -0.620. The first-order valence-corrected chi connectivity index (χ1v) is 7.00. The van der Waals surface area contributed by atoms with Crippen molar-refractivity contribution in [2.45, 2.75) is 6.10 Å². The van der Waals surface area contributed by atoms with E-state index in [0.29, 0.717) is 25.4 Å². The third kappa shape index (κ3) is 8.11. The molecule has 1 atom stereocenters. The Balaban J connectivity index is 2.06. The molecule has 0 radical (unpaired) electrons. The maximum absolute atomic E-state index is 10.4. The standard InChI is InChI=1S/C13H19BrN2O4/c14-10-2-1-3-12(6-10)20-8-11(17)7-16-4-5-19-9-13(15)18/h1-3,6,11,16-17H,4-5,7-9H2,(H2,15,18). The summed E-state index contributed by atoms with van der Waals surface area (Å²) in [6.45, 7) is 1.39. The summed E-state index contributed by atoms with van der Waals surface area (Å²) in [5.74, 6) is 0.204. The minimum Gasteiger partial charge on any atom is -0.491 e. The summed E-state index contributed by atoms with van der Waals surface area (Å²) < 4.78 is 11.3. The second-order valence-corrected chi connectivity index (χ2v) is 5.06. The van der Waals surface area contributed by atoms with Gasteiger partial charge in [-0.3, -0.25) is 4.79 Å². The van der Waals surface area contributed by atoms with Crippen molar-refractivity contribution in [2.24, 2.45) is 5.73 Å². The zero-order chi connectivity index (χ0) is 14.8. The zero-order valence-corrected chi connectivity index (χ0v) is 12.6. The zero-order valence-electron chi connectivity index (χ0n) is 11.0. The Kier molecular flexibility index (Phi) is 8.20. The minimum absolute atomic E-state index is 0.0871. The molecule has 0 aliphatic rings.